The number of carbonyl (C=O) groups is 1. The van der Waals surface area contributed by atoms with Crippen molar-refractivity contribution in [2.75, 3.05) is 0 Å². The number of thiazole rings is 1. The van der Waals surface area contributed by atoms with E-state index in [1.165, 1.54) is 4.70 Å². The topological polar surface area (TPSA) is 42.0 Å². The molecule has 0 saturated heterocycles. The number of aryl methyl sites for hydroxylation is 1. The molecule has 1 unspecified atom stereocenters. The highest BCUT2D eigenvalue weighted by Crippen LogP contribution is 2.22. The number of amides is 1. The van der Waals surface area contributed by atoms with E-state index in [4.69, 9.17) is 0 Å². The molecule has 1 aromatic heterocycles. The summed E-state index contributed by atoms with van der Waals surface area (Å²) >= 11 is 1.68. The van der Waals surface area contributed by atoms with E-state index >= 15 is 0 Å². The van der Waals surface area contributed by atoms with Gasteiger partial charge in [0.05, 0.1) is 15.2 Å². The molecule has 2 aromatic rings. The molecule has 0 saturated carbocycles. The molecular weight excluding hydrogens is 280 g/mol. The summed E-state index contributed by atoms with van der Waals surface area (Å²) in [6.45, 7) is 6.50. The van der Waals surface area contributed by atoms with Crippen LogP contribution in [0.3, 0.4) is 0 Å². The highest BCUT2D eigenvalue weighted by molar-refractivity contribution is 7.18. The van der Waals surface area contributed by atoms with E-state index in [1.54, 1.807) is 11.3 Å². The Morgan fingerprint density at radius 2 is 2.00 bits per heavy atom. The maximum Gasteiger partial charge on any atom is 0.220 e. The Bertz CT molecular complexity index is 558. The first-order chi connectivity index (χ1) is 10.0. The SMILES string of the molecule is CC(C)CCC(C)NC(=O)CCc1nc2ccccc2s1. The minimum absolute atomic E-state index is 0.130. The molecule has 4 heteroatoms. The molecule has 1 N–H and O–H groups in total. The van der Waals surface area contributed by atoms with Crippen LogP contribution in [0.5, 0.6) is 0 Å². The lowest BCUT2D eigenvalue weighted by molar-refractivity contribution is -0.121. The number of hydrogen-bond acceptors (Lipinski definition) is 3. The number of benzene rings is 1. The molecule has 1 aromatic carbocycles. The molecule has 0 bridgehead atoms. The second kappa shape index (κ2) is 7.55. The quantitative estimate of drug-likeness (QED) is 0.834. The minimum Gasteiger partial charge on any atom is -0.354 e. The van der Waals surface area contributed by atoms with Gasteiger partial charge in [0.15, 0.2) is 0 Å². The van der Waals surface area contributed by atoms with E-state index in [9.17, 15) is 4.79 Å². The fraction of sp³-hybridized carbons (Fsp3) is 0.529. The van der Waals surface area contributed by atoms with Gasteiger partial charge in [-0.1, -0.05) is 26.0 Å². The molecule has 2 rings (SSSR count). The summed E-state index contributed by atoms with van der Waals surface area (Å²) in [6.07, 6.45) is 3.44. The van der Waals surface area contributed by atoms with Gasteiger partial charge in [0.25, 0.3) is 0 Å². The molecule has 0 spiro atoms. The molecule has 0 aliphatic rings. The molecule has 0 fully saturated rings. The van der Waals surface area contributed by atoms with Crippen molar-refractivity contribution in [3.05, 3.63) is 29.3 Å². The molecule has 1 amide bonds. The second-order valence-electron chi connectivity index (χ2n) is 6.02. The highest BCUT2D eigenvalue weighted by Gasteiger charge is 2.10. The van der Waals surface area contributed by atoms with Crippen molar-refractivity contribution in [3.8, 4) is 0 Å². The summed E-state index contributed by atoms with van der Waals surface area (Å²) in [5.41, 5.74) is 1.03. The maximum atomic E-state index is 12.0. The number of para-hydroxylation sites is 1. The van der Waals surface area contributed by atoms with Crippen molar-refractivity contribution in [1.29, 1.82) is 0 Å². The lowest BCUT2D eigenvalue weighted by atomic mass is 10.0. The van der Waals surface area contributed by atoms with Crippen LogP contribution in [-0.2, 0) is 11.2 Å². The van der Waals surface area contributed by atoms with Gasteiger partial charge in [0.1, 0.15) is 0 Å². The predicted octanol–water partition coefficient (Wildman–Crippen LogP) is 4.17. The van der Waals surface area contributed by atoms with E-state index in [0.29, 0.717) is 12.3 Å². The van der Waals surface area contributed by atoms with Crippen LogP contribution < -0.4 is 5.32 Å². The lowest BCUT2D eigenvalue weighted by Gasteiger charge is -2.14. The Kier molecular flexibility index (Phi) is 5.74. The summed E-state index contributed by atoms with van der Waals surface area (Å²) in [5, 5.41) is 4.12. The van der Waals surface area contributed by atoms with Crippen LogP contribution in [-0.4, -0.2) is 16.9 Å². The van der Waals surface area contributed by atoms with E-state index in [1.807, 2.05) is 18.2 Å². The van der Waals surface area contributed by atoms with Crippen molar-refractivity contribution in [3.63, 3.8) is 0 Å². The summed E-state index contributed by atoms with van der Waals surface area (Å²) in [6, 6.07) is 8.37. The van der Waals surface area contributed by atoms with Crippen LogP contribution in [0.4, 0.5) is 0 Å². The van der Waals surface area contributed by atoms with Gasteiger partial charge in [0.2, 0.25) is 5.91 Å². The fourth-order valence-corrected chi connectivity index (χ4v) is 3.22. The first-order valence-electron chi connectivity index (χ1n) is 7.68. The average Bonchev–Trinajstić information content (AvgIpc) is 2.86. The number of nitrogens with one attached hydrogen (secondary N) is 1. The van der Waals surface area contributed by atoms with E-state index in [0.717, 1.165) is 29.8 Å². The van der Waals surface area contributed by atoms with Crippen LogP contribution >= 0.6 is 11.3 Å². The van der Waals surface area contributed by atoms with Gasteiger partial charge < -0.3 is 5.32 Å². The van der Waals surface area contributed by atoms with Gasteiger partial charge in [-0.15, -0.1) is 11.3 Å². The average molecular weight is 304 g/mol. The second-order valence-corrected chi connectivity index (χ2v) is 7.13. The lowest BCUT2D eigenvalue weighted by Crippen LogP contribution is -2.32. The zero-order valence-corrected chi connectivity index (χ0v) is 13.9. The molecule has 114 valence electrons. The predicted molar refractivity (Wildman–Crippen MR) is 89.6 cm³/mol. The number of carbonyl (C=O) groups excluding carboxylic acids is 1. The smallest absolute Gasteiger partial charge is 0.220 e. The van der Waals surface area contributed by atoms with Gasteiger partial charge in [0, 0.05) is 18.9 Å². The zero-order chi connectivity index (χ0) is 15.2. The number of hydrogen-bond donors (Lipinski definition) is 1. The molecule has 21 heavy (non-hydrogen) atoms. The number of rotatable bonds is 7. The summed E-state index contributed by atoms with van der Waals surface area (Å²) < 4.78 is 1.19. The normalized spacial score (nSPS) is 12.8. The third kappa shape index (κ3) is 5.12. The Hall–Kier alpha value is -1.42. The standard InChI is InChI=1S/C17H24N2OS/c1-12(2)8-9-13(3)18-16(20)10-11-17-19-14-6-4-5-7-15(14)21-17/h4-7,12-13H,8-11H2,1-3H3,(H,18,20). The van der Waals surface area contributed by atoms with E-state index in [2.05, 4.69) is 37.1 Å². The minimum atomic E-state index is 0.130. The molecular formula is C17H24N2OS. The van der Waals surface area contributed by atoms with Crippen molar-refractivity contribution >= 4 is 27.5 Å². The Morgan fingerprint density at radius 1 is 1.24 bits per heavy atom. The molecule has 1 heterocycles. The van der Waals surface area contributed by atoms with Crippen LogP contribution in [0, 0.1) is 5.92 Å². The highest BCUT2D eigenvalue weighted by atomic mass is 32.1. The fourth-order valence-electron chi connectivity index (χ4n) is 2.25. The van der Waals surface area contributed by atoms with E-state index in [-0.39, 0.29) is 11.9 Å². The Balaban J connectivity index is 1.78. The summed E-state index contributed by atoms with van der Waals surface area (Å²) in [7, 11) is 0. The van der Waals surface area contributed by atoms with Crippen LogP contribution in [0.25, 0.3) is 10.2 Å². The van der Waals surface area contributed by atoms with Gasteiger partial charge >= 0.3 is 0 Å². The molecule has 0 aliphatic heterocycles. The number of fused-ring (bicyclic) bond motifs is 1. The molecule has 0 aliphatic carbocycles. The third-order valence-corrected chi connectivity index (χ3v) is 4.58. The summed E-state index contributed by atoms with van der Waals surface area (Å²) in [5.74, 6) is 0.817. The van der Waals surface area contributed by atoms with Crippen molar-refractivity contribution in [2.24, 2.45) is 5.92 Å². The summed E-state index contributed by atoms with van der Waals surface area (Å²) in [4.78, 5) is 16.5. The largest absolute Gasteiger partial charge is 0.354 e. The van der Waals surface area contributed by atoms with Crippen LogP contribution in [0.15, 0.2) is 24.3 Å². The van der Waals surface area contributed by atoms with Gasteiger partial charge in [-0.3, -0.25) is 4.79 Å². The van der Waals surface area contributed by atoms with Gasteiger partial charge in [-0.05, 0) is 37.8 Å². The Labute approximate surface area is 130 Å². The Morgan fingerprint density at radius 3 is 2.71 bits per heavy atom. The molecule has 0 radical (unpaired) electrons. The van der Waals surface area contributed by atoms with E-state index < -0.39 is 0 Å². The number of nitrogens with zero attached hydrogens (tertiary/aromatic N) is 1. The maximum absolute atomic E-state index is 12.0. The van der Waals surface area contributed by atoms with Crippen LogP contribution in [0.1, 0.15) is 45.0 Å². The number of aromatic nitrogens is 1. The van der Waals surface area contributed by atoms with Crippen molar-refractivity contribution in [2.45, 2.75) is 52.5 Å². The van der Waals surface area contributed by atoms with Gasteiger partial charge in [-0.25, -0.2) is 4.98 Å². The van der Waals surface area contributed by atoms with Crippen molar-refractivity contribution in [1.82, 2.24) is 10.3 Å². The van der Waals surface area contributed by atoms with Crippen molar-refractivity contribution < 1.29 is 4.79 Å². The molecule has 3 nitrogen and oxygen atoms in total. The first-order valence-corrected chi connectivity index (χ1v) is 8.50. The zero-order valence-electron chi connectivity index (χ0n) is 13.1. The van der Waals surface area contributed by atoms with Gasteiger partial charge in [-0.2, -0.15) is 0 Å². The third-order valence-electron chi connectivity index (χ3n) is 3.49. The van der Waals surface area contributed by atoms with Crippen LogP contribution in [0.2, 0.25) is 0 Å². The monoisotopic (exact) mass is 304 g/mol. The first kappa shape index (κ1) is 16.0. The molecule has 1 atom stereocenters.